The zero-order valence-electron chi connectivity index (χ0n) is 20.3. The maximum Gasteiger partial charge on any atom is 0.311 e. The van der Waals surface area contributed by atoms with Crippen molar-refractivity contribution >= 4 is 17.7 Å². The Labute approximate surface area is 191 Å². The molecule has 8 atom stereocenters. The molecule has 2 aliphatic rings. The lowest BCUT2D eigenvalue weighted by molar-refractivity contribution is -0.176. The maximum absolute atomic E-state index is 13.0. The number of hydrogen-bond donors (Lipinski definition) is 3. The number of rotatable bonds is 10. The summed E-state index contributed by atoms with van der Waals surface area (Å²) < 4.78 is 6.07. The third kappa shape index (κ3) is 6.53. The minimum atomic E-state index is -1.09. The summed E-state index contributed by atoms with van der Waals surface area (Å²) in [4.78, 5) is 36.6. The van der Waals surface area contributed by atoms with Crippen LogP contribution < -0.4 is 0 Å². The van der Waals surface area contributed by atoms with Crippen LogP contribution in [0.1, 0.15) is 86.0 Å². The van der Waals surface area contributed by atoms with Gasteiger partial charge in [0.2, 0.25) is 0 Å². The van der Waals surface area contributed by atoms with Crippen molar-refractivity contribution in [3.8, 4) is 0 Å². The summed E-state index contributed by atoms with van der Waals surface area (Å²) >= 11 is 0. The third-order valence-corrected chi connectivity index (χ3v) is 7.97. The molecule has 0 spiro atoms. The van der Waals surface area contributed by atoms with Crippen LogP contribution in [-0.4, -0.2) is 51.4 Å². The number of aliphatic hydroxyl groups excluding tert-OH is 2. The molecule has 0 amide bonds. The van der Waals surface area contributed by atoms with Crippen LogP contribution in [0, 0.1) is 35.0 Å². The largest absolute Gasteiger partial charge is 0.481 e. The zero-order chi connectivity index (χ0) is 24.2. The summed E-state index contributed by atoms with van der Waals surface area (Å²) in [5.74, 6) is -0.932. The lowest BCUT2D eigenvalue weighted by atomic mass is 9.57. The van der Waals surface area contributed by atoms with Crippen molar-refractivity contribution in [3.05, 3.63) is 0 Å². The van der Waals surface area contributed by atoms with Gasteiger partial charge < -0.3 is 20.1 Å². The molecule has 184 valence electrons. The second-order valence-electron chi connectivity index (χ2n) is 10.8. The molecule has 2 fully saturated rings. The molecule has 0 radical (unpaired) electrons. The number of esters is 1. The molecule has 2 saturated carbocycles. The van der Waals surface area contributed by atoms with Gasteiger partial charge in [-0.2, -0.15) is 0 Å². The van der Waals surface area contributed by atoms with Crippen LogP contribution in [0.15, 0.2) is 0 Å². The molecule has 7 nitrogen and oxygen atoms in total. The van der Waals surface area contributed by atoms with Crippen molar-refractivity contribution in [1.82, 2.24) is 0 Å². The van der Waals surface area contributed by atoms with E-state index < -0.39 is 23.6 Å². The zero-order valence-corrected chi connectivity index (χ0v) is 20.3. The Bertz CT molecular complexity index is 673. The van der Waals surface area contributed by atoms with Crippen molar-refractivity contribution < 1.29 is 34.4 Å². The number of carbonyl (C=O) groups excluding carboxylic acids is 2. The van der Waals surface area contributed by atoms with E-state index in [0.717, 1.165) is 12.8 Å². The number of aliphatic hydroxyl groups is 2. The second kappa shape index (κ2) is 11.1. The number of ketones is 1. The van der Waals surface area contributed by atoms with Gasteiger partial charge in [0.05, 0.1) is 24.0 Å². The summed E-state index contributed by atoms with van der Waals surface area (Å²) in [6.07, 6.45) is 1.42. The maximum atomic E-state index is 13.0. The molecule has 0 aromatic carbocycles. The Balaban J connectivity index is 2.15. The fourth-order valence-corrected chi connectivity index (χ4v) is 5.53. The van der Waals surface area contributed by atoms with Crippen molar-refractivity contribution in [2.24, 2.45) is 35.0 Å². The number of carbonyl (C=O) groups is 3. The molecule has 2 aliphatic carbocycles. The standard InChI is InChI=1S/C25H42O7/c1-6-25(4,5)24(31)32-20-11-15(3)23(30)19-9-7-14(2)18(22(19)20)10-8-16(26)12-17(27)13-21(28)29/h14-20,22,26-27H,6-13H2,1-5H3,(H,28,29)/t14-,15-,16+,17+,18-,19+,20-,22?/m0/s1. The molecule has 3 N–H and O–H groups in total. The predicted molar refractivity (Wildman–Crippen MR) is 120 cm³/mol. The van der Waals surface area contributed by atoms with Crippen LogP contribution in [0.2, 0.25) is 0 Å². The highest BCUT2D eigenvalue weighted by molar-refractivity contribution is 5.85. The lowest BCUT2D eigenvalue weighted by Crippen LogP contribution is -2.52. The van der Waals surface area contributed by atoms with Crippen molar-refractivity contribution in [1.29, 1.82) is 0 Å². The smallest absolute Gasteiger partial charge is 0.311 e. The Morgan fingerprint density at radius 3 is 2.41 bits per heavy atom. The number of carboxylic acids is 1. The van der Waals surface area contributed by atoms with Crippen molar-refractivity contribution in [2.75, 3.05) is 0 Å². The van der Waals surface area contributed by atoms with Crippen LogP contribution in [0.25, 0.3) is 0 Å². The SMILES string of the molecule is CCC(C)(C)C(=O)O[C@H]1C[C@H](C)C(=O)[C@@H]2CC[C@H](C)[C@H](CC[C@@H](O)C[C@@H](O)CC(=O)O)C12. The molecule has 7 heteroatoms. The summed E-state index contributed by atoms with van der Waals surface area (Å²) in [6, 6.07) is 0. The van der Waals surface area contributed by atoms with Gasteiger partial charge in [0.15, 0.2) is 0 Å². The van der Waals surface area contributed by atoms with E-state index in [4.69, 9.17) is 9.84 Å². The first-order valence-electron chi connectivity index (χ1n) is 12.2. The van der Waals surface area contributed by atoms with Crippen LogP contribution in [0.4, 0.5) is 0 Å². The van der Waals surface area contributed by atoms with E-state index in [9.17, 15) is 24.6 Å². The lowest BCUT2D eigenvalue weighted by Gasteiger charge is -2.49. The predicted octanol–water partition coefficient (Wildman–Crippen LogP) is 3.59. The number of carboxylic acid groups (broad SMARTS) is 1. The first-order valence-corrected chi connectivity index (χ1v) is 12.2. The van der Waals surface area contributed by atoms with Crippen molar-refractivity contribution in [3.63, 3.8) is 0 Å². The third-order valence-electron chi connectivity index (χ3n) is 7.97. The van der Waals surface area contributed by atoms with Crippen LogP contribution in [-0.2, 0) is 19.1 Å². The molecule has 0 bridgehead atoms. The molecule has 0 heterocycles. The van der Waals surface area contributed by atoms with Gasteiger partial charge in [-0.3, -0.25) is 14.4 Å². The van der Waals surface area contributed by atoms with E-state index in [1.54, 1.807) is 0 Å². The molecule has 0 aromatic rings. The van der Waals surface area contributed by atoms with E-state index in [2.05, 4.69) is 6.92 Å². The summed E-state index contributed by atoms with van der Waals surface area (Å²) in [7, 11) is 0. The molecule has 2 rings (SSSR count). The summed E-state index contributed by atoms with van der Waals surface area (Å²) in [6.45, 7) is 9.80. The molecule has 0 aliphatic heterocycles. The Morgan fingerprint density at radius 1 is 1.16 bits per heavy atom. The van der Waals surface area contributed by atoms with E-state index >= 15 is 0 Å². The Hall–Kier alpha value is -1.47. The number of hydrogen-bond acceptors (Lipinski definition) is 6. The average molecular weight is 455 g/mol. The van der Waals surface area contributed by atoms with E-state index in [1.807, 2.05) is 27.7 Å². The van der Waals surface area contributed by atoms with E-state index in [0.29, 0.717) is 31.6 Å². The Kier molecular flexibility index (Phi) is 9.29. The van der Waals surface area contributed by atoms with Crippen LogP contribution in [0.3, 0.4) is 0 Å². The molecular formula is C25H42O7. The Morgan fingerprint density at radius 2 is 1.81 bits per heavy atom. The number of Topliss-reactive ketones (excluding diaryl/α,β-unsaturated/α-hetero) is 1. The molecule has 1 unspecified atom stereocenters. The summed E-state index contributed by atoms with van der Waals surface area (Å²) in [5, 5.41) is 29.0. The molecule has 32 heavy (non-hydrogen) atoms. The fraction of sp³-hybridized carbons (Fsp3) is 0.880. The molecular weight excluding hydrogens is 412 g/mol. The number of aliphatic carboxylic acids is 1. The highest BCUT2D eigenvalue weighted by Crippen LogP contribution is 2.49. The van der Waals surface area contributed by atoms with Crippen LogP contribution in [0.5, 0.6) is 0 Å². The van der Waals surface area contributed by atoms with E-state index in [-0.39, 0.29) is 54.4 Å². The second-order valence-corrected chi connectivity index (χ2v) is 10.8. The average Bonchev–Trinajstić information content (AvgIpc) is 2.69. The van der Waals surface area contributed by atoms with Crippen molar-refractivity contribution in [2.45, 2.75) is 104 Å². The van der Waals surface area contributed by atoms with Gasteiger partial charge in [0, 0.05) is 17.8 Å². The molecule has 0 saturated heterocycles. The van der Waals surface area contributed by atoms with Gasteiger partial charge in [0.1, 0.15) is 11.9 Å². The first kappa shape index (κ1) is 26.8. The minimum absolute atomic E-state index is 0.0144. The monoisotopic (exact) mass is 454 g/mol. The van der Waals surface area contributed by atoms with Crippen LogP contribution >= 0.6 is 0 Å². The van der Waals surface area contributed by atoms with Gasteiger partial charge >= 0.3 is 11.9 Å². The minimum Gasteiger partial charge on any atom is -0.481 e. The van der Waals surface area contributed by atoms with Gasteiger partial charge in [-0.1, -0.05) is 20.8 Å². The fourth-order valence-electron chi connectivity index (χ4n) is 5.53. The normalized spacial score (nSPS) is 32.7. The number of fused-ring (bicyclic) bond motifs is 1. The summed E-state index contributed by atoms with van der Waals surface area (Å²) in [5.41, 5.74) is -0.577. The first-order chi connectivity index (χ1) is 14.9. The topological polar surface area (TPSA) is 121 Å². The highest BCUT2D eigenvalue weighted by atomic mass is 16.5. The van der Waals surface area contributed by atoms with E-state index in [1.165, 1.54) is 0 Å². The highest BCUT2D eigenvalue weighted by Gasteiger charge is 2.51. The van der Waals surface area contributed by atoms with Gasteiger partial charge in [-0.05, 0) is 70.6 Å². The molecule has 0 aromatic heterocycles. The quantitative estimate of drug-likeness (QED) is 0.431. The van der Waals surface area contributed by atoms with Gasteiger partial charge in [-0.25, -0.2) is 0 Å². The number of ether oxygens (including phenoxy) is 1. The van der Waals surface area contributed by atoms with Gasteiger partial charge in [-0.15, -0.1) is 0 Å². The van der Waals surface area contributed by atoms with Gasteiger partial charge in [0.25, 0.3) is 0 Å².